The van der Waals surface area contributed by atoms with Crippen LogP contribution in [0.3, 0.4) is 0 Å². The number of H-pyrrole nitrogens is 1. The number of hydrogen-bond acceptors (Lipinski definition) is 2. The van der Waals surface area contributed by atoms with Crippen molar-refractivity contribution in [2.24, 2.45) is 0 Å². The maximum Gasteiger partial charge on any atom is 0.337 e. The van der Waals surface area contributed by atoms with Gasteiger partial charge in [0.25, 0.3) is 6.43 Å². The average molecular weight is 291 g/mol. The largest absolute Gasteiger partial charge is 0.478 e. The van der Waals surface area contributed by atoms with Crippen molar-refractivity contribution in [1.82, 2.24) is 9.97 Å². The van der Waals surface area contributed by atoms with E-state index in [0.717, 1.165) is 6.07 Å². The van der Waals surface area contributed by atoms with Gasteiger partial charge < -0.3 is 10.1 Å². The first-order valence-corrected chi connectivity index (χ1v) is 4.99. The van der Waals surface area contributed by atoms with Gasteiger partial charge in [0.1, 0.15) is 5.52 Å². The fourth-order valence-corrected chi connectivity index (χ4v) is 1.79. The Morgan fingerprint density at radius 2 is 2.19 bits per heavy atom. The van der Waals surface area contributed by atoms with Gasteiger partial charge in [0.2, 0.25) is 0 Å². The summed E-state index contributed by atoms with van der Waals surface area (Å²) in [5.74, 6) is -1.29. The quantitative estimate of drug-likeness (QED) is 0.894. The summed E-state index contributed by atoms with van der Waals surface area (Å²) in [6.45, 7) is 0. The van der Waals surface area contributed by atoms with E-state index in [2.05, 4.69) is 25.9 Å². The van der Waals surface area contributed by atoms with Gasteiger partial charge >= 0.3 is 5.97 Å². The van der Waals surface area contributed by atoms with E-state index in [1.54, 1.807) is 0 Å². The molecule has 84 valence electrons. The highest BCUT2D eigenvalue weighted by Gasteiger charge is 2.17. The van der Waals surface area contributed by atoms with Gasteiger partial charge in [0, 0.05) is 5.56 Å². The highest BCUT2D eigenvalue weighted by atomic mass is 79.9. The van der Waals surface area contributed by atoms with Gasteiger partial charge in [0.05, 0.1) is 11.1 Å². The molecule has 0 atom stereocenters. The Morgan fingerprint density at radius 1 is 1.50 bits per heavy atom. The summed E-state index contributed by atoms with van der Waals surface area (Å²) in [6, 6.07) is 2.12. The van der Waals surface area contributed by atoms with Crippen molar-refractivity contribution in [2.45, 2.75) is 6.43 Å². The molecule has 0 aliphatic carbocycles. The van der Waals surface area contributed by atoms with Crippen LogP contribution in [0.15, 0.2) is 16.9 Å². The third kappa shape index (κ3) is 1.78. The number of carboxylic acid groups (broad SMARTS) is 1. The molecule has 0 radical (unpaired) electrons. The van der Waals surface area contributed by atoms with E-state index in [4.69, 9.17) is 5.11 Å². The second kappa shape index (κ2) is 3.82. The lowest BCUT2D eigenvalue weighted by Gasteiger charge is -2.02. The van der Waals surface area contributed by atoms with E-state index in [9.17, 15) is 13.6 Å². The third-order valence-corrected chi connectivity index (χ3v) is 2.44. The Kier molecular flexibility index (Phi) is 2.63. The number of nitrogens with one attached hydrogen (secondary N) is 1. The normalized spacial score (nSPS) is 11.2. The van der Waals surface area contributed by atoms with Gasteiger partial charge in [-0.2, -0.15) is 0 Å². The number of aromatic nitrogens is 2. The monoisotopic (exact) mass is 290 g/mol. The highest BCUT2D eigenvalue weighted by molar-refractivity contribution is 9.10. The number of alkyl halides is 2. The first-order valence-electron chi connectivity index (χ1n) is 4.19. The molecule has 1 aromatic carbocycles. The molecular formula is C9H5BrF2N2O2. The van der Waals surface area contributed by atoms with Gasteiger partial charge in [-0.05, 0) is 28.1 Å². The summed E-state index contributed by atoms with van der Waals surface area (Å²) >= 11 is 3.02. The number of imidazole rings is 1. The maximum absolute atomic E-state index is 12.5. The van der Waals surface area contributed by atoms with Crippen LogP contribution >= 0.6 is 15.9 Å². The summed E-state index contributed by atoms with van der Waals surface area (Å²) in [4.78, 5) is 17.4. The zero-order chi connectivity index (χ0) is 11.9. The molecule has 0 amide bonds. The summed E-state index contributed by atoms with van der Waals surface area (Å²) in [6.07, 6.45) is -2.72. The van der Waals surface area contributed by atoms with Gasteiger partial charge in [-0.3, -0.25) is 0 Å². The number of rotatable bonds is 2. The van der Waals surface area contributed by atoms with Crippen LogP contribution in [0.25, 0.3) is 11.0 Å². The summed E-state index contributed by atoms with van der Waals surface area (Å²) < 4.78 is 25.3. The van der Waals surface area contributed by atoms with Gasteiger partial charge in [-0.15, -0.1) is 0 Å². The van der Waals surface area contributed by atoms with Gasteiger partial charge in [-0.1, -0.05) is 0 Å². The van der Waals surface area contributed by atoms with Gasteiger partial charge in [-0.25, -0.2) is 18.6 Å². The smallest absolute Gasteiger partial charge is 0.337 e. The number of carboxylic acids is 1. The molecule has 0 bridgehead atoms. The predicted molar refractivity (Wildman–Crippen MR) is 55.7 cm³/mol. The number of aromatic amines is 1. The first-order chi connectivity index (χ1) is 7.49. The Bertz CT molecular complexity index is 568. The van der Waals surface area contributed by atoms with Crippen LogP contribution in [0, 0.1) is 0 Å². The fraction of sp³-hybridized carbons (Fsp3) is 0.111. The molecule has 2 aromatic rings. The number of fused-ring (bicyclic) bond motifs is 1. The van der Waals surface area contributed by atoms with Crippen LogP contribution < -0.4 is 0 Å². The summed E-state index contributed by atoms with van der Waals surface area (Å²) in [7, 11) is 0. The highest BCUT2D eigenvalue weighted by Crippen LogP contribution is 2.27. The zero-order valence-electron chi connectivity index (χ0n) is 7.67. The number of carbonyl (C=O) groups is 1. The maximum atomic E-state index is 12.5. The number of nitrogens with zero attached hydrogens (tertiary/aromatic N) is 1. The molecule has 0 aliphatic rings. The summed E-state index contributed by atoms with van der Waals surface area (Å²) in [5.41, 5.74) is -0.165. The molecule has 0 unspecified atom stereocenters. The molecule has 2 N–H and O–H groups in total. The van der Waals surface area contributed by atoms with Crippen LogP contribution in [0.5, 0.6) is 0 Å². The van der Waals surface area contributed by atoms with Crippen LogP contribution in [-0.2, 0) is 0 Å². The predicted octanol–water partition coefficient (Wildman–Crippen LogP) is 2.96. The van der Waals surface area contributed by atoms with Crippen LogP contribution in [0.4, 0.5) is 8.78 Å². The Balaban J connectivity index is 2.78. The minimum Gasteiger partial charge on any atom is -0.478 e. The molecule has 2 rings (SSSR count). The SMILES string of the molecule is O=C(O)c1cc(C(F)F)cc2[nH]c(Br)nc12. The van der Waals surface area contributed by atoms with Gasteiger partial charge in [0.15, 0.2) is 4.73 Å². The van der Waals surface area contributed by atoms with Crippen molar-refractivity contribution in [2.75, 3.05) is 0 Å². The second-order valence-corrected chi connectivity index (χ2v) is 3.85. The lowest BCUT2D eigenvalue weighted by molar-refractivity contribution is 0.0698. The van der Waals surface area contributed by atoms with E-state index in [1.807, 2.05) is 0 Å². The van der Waals surface area contributed by atoms with Crippen molar-refractivity contribution < 1.29 is 18.7 Å². The van der Waals surface area contributed by atoms with Crippen molar-refractivity contribution in [3.8, 4) is 0 Å². The summed E-state index contributed by atoms with van der Waals surface area (Å²) in [5, 5.41) is 8.88. The van der Waals surface area contributed by atoms with E-state index >= 15 is 0 Å². The lowest BCUT2D eigenvalue weighted by Crippen LogP contribution is -1.99. The molecule has 16 heavy (non-hydrogen) atoms. The Labute approximate surface area is 96.4 Å². The van der Waals surface area contributed by atoms with Crippen LogP contribution in [0.1, 0.15) is 22.3 Å². The molecule has 0 fully saturated rings. The van der Waals surface area contributed by atoms with Crippen molar-refractivity contribution in [1.29, 1.82) is 0 Å². The lowest BCUT2D eigenvalue weighted by atomic mass is 10.1. The molecule has 7 heteroatoms. The standard InChI is InChI=1S/C9H5BrF2N2O2/c10-9-13-5-2-3(7(11)12)1-4(8(15)16)6(5)14-9/h1-2,7H,(H,13,14)(H,15,16). The molecule has 1 heterocycles. The minimum atomic E-state index is -2.72. The minimum absolute atomic E-state index is 0.156. The molecule has 4 nitrogen and oxygen atoms in total. The number of benzene rings is 1. The van der Waals surface area contributed by atoms with E-state index in [1.165, 1.54) is 6.07 Å². The third-order valence-electron chi connectivity index (χ3n) is 2.06. The van der Waals surface area contributed by atoms with E-state index in [-0.39, 0.29) is 22.2 Å². The number of halogens is 3. The average Bonchev–Trinajstić information content (AvgIpc) is 2.55. The van der Waals surface area contributed by atoms with Crippen LogP contribution in [0.2, 0.25) is 0 Å². The second-order valence-electron chi connectivity index (χ2n) is 3.10. The van der Waals surface area contributed by atoms with Crippen molar-refractivity contribution >= 4 is 32.9 Å². The number of hydrogen-bond donors (Lipinski definition) is 2. The van der Waals surface area contributed by atoms with E-state index < -0.39 is 12.4 Å². The van der Waals surface area contributed by atoms with Crippen molar-refractivity contribution in [3.05, 3.63) is 28.0 Å². The first kappa shape index (κ1) is 11.0. The Morgan fingerprint density at radius 3 is 2.75 bits per heavy atom. The topological polar surface area (TPSA) is 66.0 Å². The number of aromatic carboxylic acids is 1. The molecule has 0 aliphatic heterocycles. The van der Waals surface area contributed by atoms with Crippen molar-refractivity contribution in [3.63, 3.8) is 0 Å². The Hall–Kier alpha value is -1.50. The molecule has 1 aromatic heterocycles. The fourth-order valence-electron chi connectivity index (χ4n) is 1.40. The zero-order valence-corrected chi connectivity index (χ0v) is 9.25. The molecular weight excluding hydrogens is 286 g/mol. The molecule has 0 saturated heterocycles. The molecule has 0 spiro atoms. The van der Waals surface area contributed by atoms with E-state index in [0.29, 0.717) is 4.73 Å². The molecule has 0 saturated carbocycles. The van der Waals surface area contributed by atoms with Crippen LogP contribution in [-0.4, -0.2) is 21.0 Å².